The number of nitrogens with two attached hydrogens (primary N) is 1. The Bertz CT molecular complexity index is 526. The first-order valence-electron chi connectivity index (χ1n) is 4.21. The standard InChI is InChI=1S/C9H10FNO4S/c1-16(14,15)7-4-5(2-3-6(7)10)8(11)9(12)13/h2-4,8H,11H2,1H3,(H,12,13). The molecule has 1 aromatic rings. The molecule has 3 N–H and O–H groups in total. The van der Waals surface area contributed by atoms with E-state index in [1.54, 1.807) is 0 Å². The monoisotopic (exact) mass is 247 g/mol. The highest BCUT2D eigenvalue weighted by molar-refractivity contribution is 7.90. The van der Waals surface area contributed by atoms with Gasteiger partial charge in [-0.1, -0.05) is 6.07 Å². The fourth-order valence-corrected chi connectivity index (χ4v) is 1.91. The summed E-state index contributed by atoms with van der Waals surface area (Å²) in [7, 11) is -3.74. The van der Waals surface area contributed by atoms with E-state index < -0.39 is 32.6 Å². The maximum atomic E-state index is 13.2. The molecule has 1 atom stereocenters. The Hall–Kier alpha value is -1.47. The summed E-state index contributed by atoms with van der Waals surface area (Å²) in [6, 6.07) is 1.59. The van der Waals surface area contributed by atoms with Crippen LogP contribution >= 0.6 is 0 Å². The van der Waals surface area contributed by atoms with Crippen molar-refractivity contribution in [2.75, 3.05) is 6.26 Å². The van der Waals surface area contributed by atoms with Crippen molar-refractivity contribution in [3.8, 4) is 0 Å². The third-order valence-electron chi connectivity index (χ3n) is 1.98. The van der Waals surface area contributed by atoms with Crippen LogP contribution in [0.2, 0.25) is 0 Å². The van der Waals surface area contributed by atoms with Gasteiger partial charge >= 0.3 is 5.97 Å². The van der Waals surface area contributed by atoms with E-state index in [9.17, 15) is 17.6 Å². The quantitative estimate of drug-likeness (QED) is 0.801. The van der Waals surface area contributed by atoms with Crippen LogP contribution in [0.5, 0.6) is 0 Å². The summed E-state index contributed by atoms with van der Waals surface area (Å²) < 4.78 is 35.5. The van der Waals surface area contributed by atoms with E-state index in [0.717, 1.165) is 24.5 Å². The lowest BCUT2D eigenvalue weighted by molar-refractivity contribution is -0.138. The molecule has 0 saturated heterocycles. The molecule has 0 aliphatic carbocycles. The number of rotatable bonds is 3. The van der Waals surface area contributed by atoms with Gasteiger partial charge in [0.15, 0.2) is 9.84 Å². The van der Waals surface area contributed by atoms with Crippen molar-refractivity contribution < 1.29 is 22.7 Å². The van der Waals surface area contributed by atoms with Gasteiger partial charge in [0.1, 0.15) is 16.8 Å². The largest absolute Gasteiger partial charge is 0.480 e. The minimum Gasteiger partial charge on any atom is -0.480 e. The molecule has 16 heavy (non-hydrogen) atoms. The third kappa shape index (κ3) is 2.56. The number of benzene rings is 1. The van der Waals surface area contributed by atoms with Gasteiger partial charge in [-0.3, -0.25) is 4.79 Å². The fraction of sp³-hybridized carbons (Fsp3) is 0.222. The van der Waals surface area contributed by atoms with Gasteiger partial charge in [-0.2, -0.15) is 0 Å². The molecule has 0 saturated carbocycles. The minimum absolute atomic E-state index is 0.0364. The van der Waals surface area contributed by atoms with E-state index in [-0.39, 0.29) is 5.56 Å². The first kappa shape index (κ1) is 12.6. The lowest BCUT2D eigenvalue weighted by atomic mass is 10.1. The average molecular weight is 247 g/mol. The molecule has 1 unspecified atom stereocenters. The summed E-state index contributed by atoms with van der Waals surface area (Å²) in [6.45, 7) is 0. The lowest BCUT2D eigenvalue weighted by Crippen LogP contribution is -2.21. The molecule has 0 fully saturated rings. The third-order valence-corrected chi connectivity index (χ3v) is 3.09. The summed E-state index contributed by atoms with van der Waals surface area (Å²) in [5, 5.41) is 8.63. The van der Waals surface area contributed by atoms with Gasteiger partial charge in [-0.05, 0) is 17.7 Å². The van der Waals surface area contributed by atoms with Crippen molar-refractivity contribution in [1.29, 1.82) is 0 Å². The molecule has 0 aliphatic rings. The predicted molar refractivity (Wildman–Crippen MR) is 54.1 cm³/mol. The Morgan fingerprint density at radius 1 is 1.50 bits per heavy atom. The van der Waals surface area contributed by atoms with Crippen molar-refractivity contribution in [3.63, 3.8) is 0 Å². The summed E-state index contributed by atoms with van der Waals surface area (Å²) >= 11 is 0. The van der Waals surface area contributed by atoms with E-state index in [1.807, 2.05) is 0 Å². The molecule has 1 aromatic carbocycles. The van der Waals surface area contributed by atoms with Gasteiger partial charge in [0, 0.05) is 6.26 Å². The minimum atomic E-state index is -3.74. The number of halogens is 1. The topological polar surface area (TPSA) is 97.5 Å². The second kappa shape index (κ2) is 4.18. The molecular formula is C9H10FNO4S. The predicted octanol–water partition coefficient (Wildman–Crippen LogP) is 0.314. The van der Waals surface area contributed by atoms with Crippen molar-refractivity contribution in [3.05, 3.63) is 29.6 Å². The SMILES string of the molecule is CS(=O)(=O)c1cc(C(N)C(=O)O)ccc1F. The molecule has 0 heterocycles. The van der Waals surface area contributed by atoms with Crippen LogP contribution in [-0.2, 0) is 14.6 Å². The van der Waals surface area contributed by atoms with Crippen LogP contribution in [0.15, 0.2) is 23.1 Å². The zero-order valence-corrected chi connectivity index (χ0v) is 9.16. The van der Waals surface area contributed by atoms with E-state index in [1.165, 1.54) is 0 Å². The van der Waals surface area contributed by atoms with Crippen molar-refractivity contribution in [1.82, 2.24) is 0 Å². The van der Waals surface area contributed by atoms with Crippen molar-refractivity contribution in [2.24, 2.45) is 5.73 Å². The maximum Gasteiger partial charge on any atom is 0.325 e. The number of hydrogen-bond acceptors (Lipinski definition) is 4. The van der Waals surface area contributed by atoms with Gasteiger partial charge in [0.2, 0.25) is 0 Å². The first-order chi connectivity index (χ1) is 7.23. The Morgan fingerprint density at radius 3 is 2.50 bits per heavy atom. The van der Waals surface area contributed by atoms with E-state index >= 15 is 0 Å². The number of aliphatic carboxylic acids is 1. The zero-order chi connectivity index (χ0) is 12.5. The highest BCUT2D eigenvalue weighted by Crippen LogP contribution is 2.19. The van der Waals surface area contributed by atoms with Crippen LogP contribution in [0.1, 0.15) is 11.6 Å². The fourth-order valence-electron chi connectivity index (χ4n) is 1.14. The van der Waals surface area contributed by atoms with E-state index in [2.05, 4.69) is 0 Å². The molecule has 0 spiro atoms. The molecule has 0 bridgehead atoms. The molecule has 1 rings (SSSR count). The number of sulfone groups is 1. The zero-order valence-electron chi connectivity index (χ0n) is 8.34. The second-order valence-corrected chi connectivity index (χ2v) is 5.26. The van der Waals surface area contributed by atoms with E-state index in [4.69, 9.17) is 10.8 Å². The second-order valence-electron chi connectivity index (χ2n) is 3.28. The summed E-state index contributed by atoms with van der Waals surface area (Å²) in [5.41, 5.74) is 5.32. The lowest BCUT2D eigenvalue weighted by Gasteiger charge is -2.08. The average Bonchev–Trinajstić information content (AvgIpc) is 2.15. The van der Waals surface area contributed by atoms with E-state index in [0.29, 0.717) is 0 Å². The Morgan fingerprint density at radius 2 is 2.06 bits per heavy atom. The number of carbonyl (C=O) groups is 1. The molecule has 0 amide bonds. The maximum absolute atomic E-state index is 13.2. The van der Waals surface area contributed by atoms with Gasteiger partial charge in [0.25, 0.3) is 0 Å². The molecule has 0 aromatic heterocycles. The number of carboxylic acid groups (broad SMARTS) is 1. The summed E-state index contributed by atoms with van der Waals surface area (Å²) in [4.78, 5) is 10.0. The molecule has 7 heteroatoms. The first-order valence-corrected chi connectivity index (χ1v) is 6.10. The van der Waals surface area contributed by atoms with Crippen LogP contribution in [0.3, 0.4) is 0 Å². The molecular weight excluding hydrogens is 237 g/mol. The smallest absolute Gasteiger partial charge is 0.325 e. The summed E-state index contributed by atoms with van der Waals surface area (Å²) in [6.07, 6.45) is 0.835. The van der Waals surface area contributed by atoms with Gasteiger partial charge in [-0.15, -0.1) is 0 Å². The summed E-state index contributed by atoms with van der Waals surface area (Å²) in [5.74, 6) is -2.24. The Kier molecular flexibility index (Phi) is 3.30. The van der Waals surface area contributed by atoms with Crippen LogP contribution in [0.25, 0.3) is 0 Å². The molecule has 5 nitrogen and oxygen atoms in total. The van der Waals surface area contributed by atoms with Crippen LogP contribution in [-0.4, -0.2) is 25.7 Å². The normalized spacial score (nSPS) is 13.4. The van der Waals surface area contributed by atoms with Crippen LogP contribution in [0.4, 0.5) is 4.39 Å². The Balaban J connectivity index is 3.34. The van der Waals surface area contributed by atoms with Crippen molar-refractivity contribution >= 4 is 15.8 Å². The Labute approximate surface area is 91.6 Å². The molecule has 0 radical (unpaired) electrons. The molecule has 0 aliphatic heterocycles. The highest BCUT2D eigenvalue weighted by atomic mass is 32.2. The van der Waals surface area contributed by atoms with Gasteiger partial charge in [0.05, 0.1) is 0 Å². The number of hydrogen-bond donors (Lipinski definition) is 2. The van der Waals surface area contributed by atoms with Crippen molar-refractivity contribution in [2.45, 2.75) is 10.9 Å². The van der Waals surface area contributed by atoms with Crippen LogP contribution in [0, 0.1) is 5.82 Å². The van der Waals surface area contributed by atoms with Gasteiger partial charge in [-0.25, -0.2) is 12.8 Å². The van der Waals surface area contributed by atoms with Crippen LogP contribution < -0.4 is 5.73 Å². The number of carboxylic acids is 1. The highest BCUT2D eigenvalue weighted by Gasteiger charge is 2.19. The molecule has 88 valence electrons. The van der Waals surface area contributed by atoms with Gasteiger partial charge < -0.3 is 10.8 Å².